The Labute approximate surface area is 138 Å². The highest BCUT2D eigenvalue weighted by Crippen LogP contribution is 2.21. The molecule has 0 bridgehead atoms. The molecule has 0 saturated heterocycles. The molecule has 0 aromatic rings. The number of hydrogen-bond acceptors (Lipinski definition) is 6. The number of carbonyl (C=O) groups excluding carboxylic acids is 3. The van der Waals surface area contributed by atoms with E-state index in [9.17, 15) is 14.4 Å². The van der Waals surface area contributed by atoms with Crippen molar-refractivity contribution in [2.24, 2.45) is 0 Å². The highest BCUT2D eigenvalue weighted by atomic mass is 16.6. The van der Waals surface area contributed by atoms with E-state index in [2.05, 4.69) is 4.74 Å². The Hall–Kier alpha value is -1.27. The summed E-state index contributed by atoms with van der Waals surface area (Å²) in [6, 6.07) is 0. The van der Waals surface area contributed by atoms with Crippen molar-refractivity contribution in [3.8, 4) is 0 Å². The molecule has 0 aliphatic carbocycles. The van der Waals surface area contributed by atoms with Gasteiger partial charge in [0.25, 0.3) is 6.47 Å². The maximum absolute atomic E-state index is 12.3. The molecule has 23 heavy (non-hydrogen) atoms. The summed E-state index contributed by atoms with van der Waals surface area (Å²) in [7, 11) is 0. The average molecular weight is 330 g/mol. The second-order valence-corrected chi connectivity index (χ2v) is 5.92. The maximum Gasteiger partial charge on any atom is 0.293 e. The summed E-state index contributed by atoms with van der Waals surface area (Å²) in [5.74, 6) is -0.0287. The molecule has 0 fully saturated rings. The maximum atomic E-state index is 12.3. The number of ether oxygens (including phenoxy) is 3. The fourth-order valence-corrected chi connectivity index (χ4v) is 1.99. The Morgan fingerprint density at radius 3 is 2.00 bits per heavy atom. The van der Waals surface area contributed by atoms with Crippen molar-refractivity contribution in [1.29, 1.82) is 0 Å². The number of carbonyl (C=O) groups is 3. The summed E-state index contributed by atoms with van der Waals surface area (Å²) in [5, 5.41) is 0. The molecule has 0 amide bonds. The fraction of sp³-hybridized carbons (Fsp3) is 0.824. The van der Waals surface area contributed by atoms with E-state index in [1.807, 2.05) is 13.8 Å². The summed E-state index contributed by atoms with van der Waals surface area (Å²) in [6.45, 7) is 9.81. The van der Waals surface area contributed by atoms with Crippen molar-refractivity contribution in [1.82, 2.24) is 0 Å². The smallest absolute Gasteiger partial charge is 0.293 e. The van der Waals surface area contributed by atoms with Crippen molar-refractivity contribution in [2.45, 2.75) is 71.5 Å². The number of ketones is 2. The Balaban J connectivity index is 4.29. The van der Waals surface area contributed by atoms with Crippen LogP contribution in [0, 0.1) is 0 Å². The lowest BCUT2D eigenvalue weighted by molar-refractivity contribution is -0.148. The standard InChI is InChI=1S/C17H30O6/c1-6-16(4,14(3)19)22-10-8-9-15(20)17(5,7-2)23-12-11-21-13-18/h13H,6-12H2,1-5H3. The van der Waals surface area contributed by atoms with Crippen LogP contribution >= 0.6 is 0 Å². The zero-order valence-electron chi connectivity index (χ0n) is 15.0. The van der Waals surface area contributed by atoms with Crippen molar-refractivity contribution in [3.05, 3.63) is 0 Å². The summed E-state index contributed by atoms with van der Waals surface area (Å²) >= 11 is 0. The molecule has 6 heteroatoms. The van der Waals surface area contributed by atoms with Crippen molar-refractivity contribution < 1.29 is 28.6 Å². The number of rotatable bonds is 14. The number of Topliss-reactive ketones (excluding diaryl/α,β-unsaturated/α-hetero) is 2. The van der Waals surface area contributed by atoms with Gasteiger partial charge < -0.3 is 14.2 Å². The third kappa shape index (κ3) is 7.22. The predicted molar refractivity (Wildman–Crippen MR) is 86.2 cm³/mol. The van der Waals surface area contributed by atoms with E-state index in [4.69, 9.17) is 9.47 Å². The fourth-order valence-electron chi connectivity index (χ4n) is 1.99. The lowest BCUT2D eigenvalue weighted by Gasteiger charge is -2.28. The molecule has 2 atom stereocenters. The van der Waals surface area contributed by atoms with Crippen LogP contribution in [0.2, 0.25) is 0 Å². The normalized spacial score (nSPS) is 16.2. The summed E-state index contributed by atoms with van der Waals surface area (Å²) in [5.41, 5.74) is -1.67. The van der Waals surface area contributed by atoms with Gasteiger partial charge in [-0.25, -0.2) is 0 Å². The van der Waals surface area contributed by atoms with Crippen LogP contribution in [0.4, 0.5) is 0 Å². The topological polar surface area (TPSA) is 78.9 Å². The molecular weight excluding hydrogens is 300 g/mol. The molecule has 0 heterocycles. The van der Waals surface area contributed by atoms with E-state index in [0.717, 1.165) is 0 Å². The van der Waals surface area contributed by atoms with Gasteiger partial charge in [0.05, 0.1) is 6.61 Å². The third-order valence-electron chi connectivity index (χ3n) is 4.34. The van der Waals surface area contributed by atoms with Crippen LogP contribution in [-0.4, -0.2) is 49.1 Å². The van der Waals surface area contributed by atoms with Gasteiger partial charge in [-0.1, -0.05) is 13.8 Å². The van der Waals surface area contributed by atoms with Crippen LogP contribution in [0.1, 0.15) is 60.3 Å². The Morgan fingerprint density at radius 2 is 1.52 bits per heavy atom. The van der Waals surface area contributed by atoms with Gasteiger partial charge in [0.2, 0.25) is 0 Å². The van der Waals surface area contributed by atoms with E-state index in [-0.39, 0.29) is 24.8 Å². The molecule has 0 aliphatic rings. The molecule has 0 rings (SSSR count). The van der Waals surface area contributed by atoms with Crippen LogP contribution in [0.5, 0.6) is 0 Å². The Morgan fingerprint density at radius 1 is 0.957 bits per heavy atom. The highest BCUT2D eigenvalue weighted by Gasteiger charge is 2.32. The van der Waals surface area contributed by atoms with Gasteiger partial charge in [-0.05, 0) is 40.0 Å². The van der Waals surface area contributed by atoms with E-state index in [1.54, 1.807) is 13.8 Å². The van der Waals surface area contributed by atoms with E-state index >= 15 is 0 Å². The zero-order valence-corrected chi connectivity index (χ0v) is 15.0. The quantitative estimate of drug-likeness (QED) is 0.359. The molecule has 0 N–H and O–H groups in total. The van der Waals surface area contributed by atoms with Gasteiger partial charge in [-0.3, -0.25) is 14.4 Å². The summed E-state index contributed by atoms with van der Waals surface area (Å²) in [4.78, 5) is 34.0. The predicted octanol–water partition coefficient (Wildman–Crippen LogP) is 2.47. The Bertz CT molecular complexity index is 395. The van der Waals surface area contributed by atoms with E-state index in [0.29, 0.717) is 38.8 Å². The van der Waals surface area contributed by atoms with Gasteiger partial charge in [-0.2, -0.15) is 0 Å². The molecule has 0 aromatic carbocycles. The van der Waals surface area contributed by atoms with Crippen LogP contribution in [0.25, 0.3) is 0 Å². The first-order valence-electron chi connectivity index (χ1n) is 8.13. The van der Waals surface area contributed by atoms with Crippen molar-refractivity contribution in [3.63, 3.8) is 0 Å². The van der Waals surface area contributed by atoms with Crippen molar-refractivity contribution in [2.75, 3.05) is 19.8 Å². The Kier molecular flexibility index (Phi) is 9.91. The lowest BCUT2D eigenvalue weighted by atomic mass is 9.94. The van der Waals surface area contributed by atoms with Crippen LogP contribution in [0.15, 0.2) is 0 Å². The minimum absolute atomic E-state index is 0.0109. The first-order chi connectivity index (χ1) is 10.8. The first-order valence-corrected chi connectivity index (χ1v) is 8.13. The van der Waals surface area contributed by atoms with Crippen LogP contribution in [0.3, 0.4) is 0 Å². The summed E-state index contributed by atoms with van der Waals surface area (Å²) in [6.07, 6.45) is 1.98. The average Bonchev–Trinajstić information content (AvgIpc) is 2.54. The molecule has 134 valence electrons. The van der Waals surface area contributed by atoms with Gasteiger partial charge in [0, 0.05) is 13.0 Å². The SMILES string of the molecule is CCC(C)(OCCCC(=O)C(C)(CC)OCCOC=O)C(C)=O. The molecule has 0 aliphatic heterocycles. The zero-order chi connectivity index (χ0) is 17.9. The largest absolute Gasteiger partial charge is 0.465 e. The minimum atomic E-state index is -0.888. The van der Waals surface area contributed by atoms with Crippen LogP contribution < -0.4 is 0 Å². The third-order valence-corrected chi connectivity index (χ3v) is 4.34. The summed E-state index contributed by atoms with van der Waals surface area (Å²) < 4.78 is 15.8. The lowest BCUT2D eigenvalue weighted by Crippen LogP contribution is -2.39. The van der Waals surface area contributed by atoms with Gasteiger partial charge in [0.15, 0.2) is 11.6 Å². The first kappa shape index (κ1) is 21.7. The molecule has 0 aromatic heterocycles. The molecule has 0 saturated carbocycles. The van der Waals surface area contributed by atoms with Crippen molar-refractivity contribution >= 4 is 18.0 Å². The molecule has 0 radical (unpaired) electrons. The van der Waals surface area contributed by atoms with E-state index in [1.165, 1.54) is 6.92 Å². The molecule has 6 nitrogen and oxygen atoms in total. The molecular formula is C17H30O6. The second kappa shape index (κ2) is 10.5. The van der Waals surface area contributed by atoms with E-state index < -0.39 is 11.2 Å². The second-order valence-electron chi connectivity index (χ2n) is 5.92. The monoisotopic (exact) mass is 330 g/mol. The van der Waals surface area contributed by atoms with Gasteiger partial charge in [-0.15, -0.1) is 0 Å². The molecule has 2 unspecified atom stereocenters. The molecule has 0 spiro atoms. The van der Waals surface area contributed by atoms with Gasteiger partial charge in [0.1, 0.15) is 17.8 Å². The minimum Gasteiger partial charge on any atom is -0.465 e. The van der Waals surface area contributed by atoms with Crippen LogP contribution in [-0.2, 0) is 28.6 Å². The number of hydrogen-bond donors (Lipinski definition) is 0. The van der Waals surface area contributed by atoms with Gasteiger partial charge >= 0.3 is 0 Å². The highest BCUT2D eigenvalue weighted by molar-refractivity contribution is 5.87.